The van der Waals surface area contributed by atoms with Crippen LogP contribution in [0.2, 0.25) is 0 Å². The number of benzene rings is 1. The van der Waals surface area contributed by atoms with Gasteiger partial charge in [-0.1, -0.05) is 24.3 Å². The molecule has 2 heteroatoms. The summed E-state index contributed by atoms with van der Waals surface area (Å²) < 4.78 is 0. The van der Waals surface area contributed by atoms with Crippen LogP contribution in [0, 0.1) is 11.3 Å². The van der Waals surface area contributed by atoms with Crippen molar-refractivity contribution in [2.45, 2.75) is 25.3 Å². The van der Waals surface area contributed by atoms with Gasteiger partial charge >= 0.3 is 0 Å². The Hall–Kier alpha value is -1.33. The Kier molecular flexibility index (Phi) is 2.81. The van der Waals surface area contributed by atoms with Crippen molar-refractivity contribution in [3.05, 3.63) is 35.4 Å². The summed E-state index contributed by atoms with van der Waals surface area (Å²) in [4.78, 5) is 0. The number of hydrogen-bond acceptors (Lipinski definition) is 2. The summed E-state index contributed by atoms with van der Waals surface area (Å²) in [6.07, 6.45) is 3.36. The Morgan fingerprint density at radius 2 is 2.14 bits per heavy atom. The van der Waals surface area contributed by atoms with Crippen molar-refractivity contribution in [1.29, 1.82) is 5.26 Å². The summed E-state index contributed by atoms with van der Waals surface area (Å²) in [5, 5.41) is 11.7. The van der Waals surface area contributed by atoms with Crippen molar-refractivity contribution in [1.82, 2.24) is 5.32 Å². The second-order valence-corrected chi connectivity index (χ2v) is 3.75. The van der Waals surface area contributed by atoms with Crippen LogP contribution in [-0.2, 0) is 12.8 Å². The highest BCUT2D eigenvalue weighted by atomic mass is 14.9. The van der Waals surface area contributed by atoms with E-state index in [2.05, 4.69) is 35.7 Å². The van der Waals surface area contributed by atoms with Crippen molar-refractivity contribution in [3.63, 3.8) is 0 Å². The van der Waals surface area contributed by atoms with Crippen LogP contribution in [0.1, 0.15) is 17.5 Å². The van der Waals surface area contributed by atoms with E-state index in [0.29, 0.717) is 12.6 Å². The number of fused-ring (bicyclic) bond motifs is 1. The number of rotatable bonds is 2. The maximum absolute atomic E-state index is 8.48. The standard InChI is InChI=1S/C12H14N2/c13-7-8-14-12-6-5-10-3-1-2-4-11(10)9-12/h1-4,12,14H,5-6,8-9H2. The molecule has 1 aliphatic carbocycles. The molecule has 14 heavy (non-hydrogen) atoms. The monoisotopic (exact) mass is 186 g/mol. The van der Waals surface area contributed by atoms with Crippen molar-refractivity contribution < 1.29 is 0 Å². The molecule has 0 amide bonds. The van der Waals surface area contributed by atoms with Crippen LogP contribution in [0.5, 0.6) is 0 Å². The van der Waals surface area contributed by atoms with Gasteiger partial charge in [-0.25, -0.2) is 0 Å². The lowest BCUT2D eigenvalue weighted by Crippen LogP contribution is -2.34. The van der Waals surface area contributed by atoms with Crippen LogP contribution in [-0.4, -0.2) is 12.6 Å². The third kappa shape index (κ3) is 1.94. The first-order chi connectivity index (χ1) is 6.90. The van der Waals surface area contributed by atoms with Gasteiger partial charge in [-0.3, -0.25) is 0 Å². The summed E-state index contributed by atoms with van der Waals surface area (Å²) in [6.45, 7) is 0.465. The fourth-order valence-electron chi connectivity index (χ4n) is 2.06. The zero-order valence-corrected chi connectivity index (χ0v) is 8.16. The van der Waals surface area contributed by atoms with E-state index in [1.807, 2.05) is 0 Å². The smallest absolute Gasteiger partial charge is 0.0843 e. The summed E-state index contributed by atoms with van der Waals surface area (Å²) in [5.41, 5.74) is 2.91. The summed E-state index contributed by atoms with van der Waals surface area (Å²) >= 11 is 0. The van der Waals surface area contributed by atoms with Gasteiger partial charge in [-0.15, -0.1) is 0 Å². The van der Waals surface area contributed by atoms with Crippen LogP contribution in [0.4, 0.5) is 0 Å². The number of aryl methyl sites for hydroxylation is 1. The molecule has 1 atom stereocenters. The Balaban J connectivity index is 2.03. The lowest BCUT2D eigenvalue weighted by Gasteiger charge is -2.24. The van der Waals surface area contributed by atoms with Crippen molar-refractivity contribution in [2.75, 3.05) is 6.54 Å². The highest BCUT2D eigenvalue weighted by Gasteiger charge is 2.16. The third-order valence-corrected chi connectivity index (χ3v) is 2.82. The van der Waals surface area contributed by atoms with Gasteiger partial charge in [0.2, 0.25) is 0 Å². The minimum absolute atomic E-state index is 0.465. The molecule has 1 aromatic carbocycles. The predicted octanol–water partition coefficient (Wildman–Crippen LogP) is 1.66. The van der Waals surface area contributed by atoms with E-state index in [4.69, 9.17) is 5.26 Å². The number of nitrogens with zero attached hydrogens (tertiary/aromatic N) is 1. The number of nitrogens with one attached hydrogen (secondary N) is 1. The van der Waals surface area contributed by atoms with Crippen LogP contribution in [0.15, 0.2) is 24.3 Å². The molecule has 1 N–H and O–H groups in total. The minimum atomic E-state index is 0.465. The van der Waals surface area contributed by atoms with E-state index < -0.39 is 0 Å². The van der Waals surface area contributed by atoms with Crippen LogP contribution in [0.3, 0.4) is 0 Å². The summed E-state index contributed by atoms with van der Waals surface area (Å²) in [5.74, 6) is 0. The van der Waals surface area contributed by atoms with Gasteiger partial charge < -0.3 is 5.32 Å². The Morgan fingerprint density at radius 1 is 1.36 bits per heavy atom. The van der Waals surface area contributed by atoms with E-state index in [0.717, 1.165) is 19.3 Å². The highest BCUT2D eigenvalue weighted by molar-refractivity contribution is 5.30. The second-order valence-electron chi connectivity index (χ2n) is 3.75. The molecule has 2 nitrogen and oxygen atoms in total. The fourth-order valence-corrected chi connectivity index (χ4v) is 2.06. The van der Waals surface area contributed by atoms with E-state index >= 15 is 0 Å². The van der Waals surface area contributed by atoms with Crippen molar-refractivity contribution in [2.24, 2.45) is 0 Å². The molecular weight excluding hydrogens is 172 g/mol. The number of nitriles is 1. The zero-order chi connectivity index (χ0) is 9.80. The van der Waals surface area contributed by atoms with Gasteiger partial charge in [0.1, 0.15) is 0 Å². The Morgan fingerprint density at radius 3 is 2.93 bits per heavy atom. The van der Waals surface area contributed by atoms with Crippen molar-refractivity contribution in [3.8, 4) is 6.07 Å². The van der Waals surface area contributed by atoms with E-state index in [1.165, 1.54) is 11.1 Å². The van der Waals surface area contributed by atoms with Crippen LogP contribution in [0.25, 0.3) is 0 Å². The summed E-state index contributed by atoms with van der Waals surface area (Å²) in [6, 6.07) is 11.2. The SMILES string of the molecule is N#CCNC1CCc2ccccc2C1. The first-order valence-electron chi connectivity index (χ1n) is 5.07. The summed E-state index contributed by atoms with van der Waals surface area (Å²) in [7, 11) is 0. The van der Waals surface area contributed by atoms with Gasteiger partial charge in [0.05, 0.1) is 12.6 Å². The number of hydrogen-bond donors (Lipinski definition) is 1. The highest BCUT2D eigenvalue weighted by Crippen LogP contribution is 2.20. The Labute approximate surface area is 84.6 Å². The van der Waals surface area contributed by atoms with Crippen LogP contribution < -0.4 is 5.32 Å². The molecule has 0 radical (unpaired) electrons. The third-order valence-electron chi connectivity index (χ3n) is 2.82. The van der Waals surface area contributed by atoms with Gasteiger partial charge in [0.25, 0.3) is 0 Å². The lowest BCUT2D eigenvalue weighted by atomic mass is 9.88. The predicted molar refractivity (Wildman–Crippen MR) is 55.9 cm³/mol. The molecule has 0 saturated heterocycles. The van der Waals surface area contributed by atoms with E-state index in [9.17, 15) is 0 Å². The largest absolute Gasteiger partial charge is 0.301 e. The van der Waals surface area contributed by atoms with Gasteiger partial charge in [0, 0.05) is 6.04 Å². The molecule has 2 rings (SSSR count). The maximum atomic E-state index is 8.48. The molecule has 0 spiro atoms. The van der Waals surface area contributed by atoms with Gasteiger partial charge in [-0.2, -0.15) is 5.26 Å². The molecule has 0 heterocycles. The molecule has 1 aromatic rings. The maximum Gasteiger partial charge on any atom is 0.0843 e. The van der Waals surface area contributed by atoms with Crippen LogP contribution >= 0.6 is 0 Å². The van der Waals surface area contributed by atoms with E-state index in [1.54, 1.807) is 0 Å². The van der Waals surface area contributed by atoms with Gasteiger partial charge in [0.15, 0.2) is 0 Å². The van der Waals surface area contributed by atoms with Gasteiger partial charge in [-0.05, 0) is 30.4 Å². The molecule has 0 bridgehead atoms. The molecule has 1 unspecified atom stereocenters. The van der Waals surface area contributed by atoms with Crippen molar-refractivity contribution >= 4 is 0 Å². The first-order valence-corrected chi connectivity index (χ1v) is 5.07. The molecular formula is C12H14N2. The topological polar surface area (TPSA) is 35.8 Å². The molecule has 72 valence electrons. The Bertz CT molecular complexity index is 352. The molecule has 1 aliphatic rings. The molecule has 0 aliphatic heterocycles. The first kappa shape index (κ1) is 9.23. The molecule has 0 fully saturated rings. The fraction of sp³-hybridized carbons (Fsp3) is 0.417. The minimum Gasteiger partial charge on any atom is -0.301 e. The second kappa shape index (κ2) is 4.26. The molecule has 0 aromatic heterocycles. The quantitative estimate of drug-likeness (QED) is 0.713. The van der Waals surface area contributed by atoms with E-state index in [-0.39, 0.29) is 0 Å². The average molecular weight is 186 g/mol. The average Bonchev–Trinajstić information content (AvgIpc) is 2.26. The zero-order valence-electron chi connectivity index (χ0n) is 8.16. The normalized spacial score (nSPS) is 19.8. The lowest BCUT2D eigenvalue weighted by molar-refractivity contribution is 0.481. The molecule has 0 saturated carbocycles.